The van der Waals surface area contributed by atoms with Gasteiger partial charge in [0.15, 0.2) is 5.69 Å². The summed E-state index contributed by atoms with van der Waals surface area (Å²) in [5, 5.41) is 13.8. The molecule has 0 aromatic carbocycles. The standard InChI is InChI=1S/C12H17N3O4/c1-4-8(2)7-13-11-10(15(17)18)6-5-9(14-11)12(16)19-3/h5-6,8H,4,7H2,1-3H3,(H,13,14). The molecule has 1 rings (SSSR count). The number of esters is 1. The Balaban J connectivity index is 3.01. The number of rotatable bonds is 6. The Hall–Kier alpha value is -2.18. The molecule has 7 nitrogen and oxygen atoms in total. The summed E-state index contributed by atoms with van der Waals surface area (Å²) in [6.07, 6.45) is 0.942. The average Bonchev–Trinajstić information content (AvgIpc) is 2.43. The molecule has 1 unspecified atom stereocenters. The van der Waals surface area contributed by atoms with Crippen molar-refractivity contribution in [3.8, 4) is 0 Å². The minimum absolute atomic E-state index is 0.0414. The van der Waals surface area contributed by atoms with E-state index in [0.717, 1.165) is 6.42 Å². The van der Waals surface area contributed by atoms with E-state index in [4.69, 9.17) is 0 Å². The number of ether oxygens (including phenoxy) is 1. The molecular weight excluding hydrogens is 250 g/mol. The molecule has 0 radical (unpaired) electrons. The number of aromatic nitrogens is 1. The molecule has 7 heteroatoms. The Morgan fingerprint density at radius 2 is 2.26 bits per heavy atom. The number of methoxy groups -OCH3 is 1. The van der Waals surface area contributed by atoms with Crippen LogP contribution in [-0.2, 0) is 4.74 Å². The van der Waals surface area contributed by atoms with Crippen molar-refractivity contribution < 1.29 is 14.5 Å². The first-order chi connectivity index (χ1) is 8.99. The largest absolute Gasteiger partial charge is 0.464 e. The van der Waals surface area contributed by atoms with Crippen molar-refractivity contribution in [1.29, 1.82) is 0 Å². The minimum Gasteiger partial charge on any atom is -0.464 e. The molecule has 1 N–H and O–H groups in total. The van der Waals surface area contributed by atoms with Gasteiger partial charge in [0, 0.05) is 12.6 Å². The maximum Gasteiger partial charge on any atom is 0.356 e. The van der Waals surface area contributed by atoms with Gasteiger partial charge in [-0.1, -0.05) is 20.3 Å². The van der Waals surface area contributed by atoms with E-state index < -0.39 is 10.9 Å². The van der Waals surface area contributed by atoms with Gasteiger partial charge >= 0.3 is 11.7 Å². The van der Waals surface area contributed by atoms with Crippen molar-refractivity contribution >= 4 is 17.5 Å². The van der Waals surface area contributed by atoms with Gasteiger partial charge in [0.2, 0.25) is 5.82 Å². The summed E-state index contributed by atoms with van der Waals surface area (Å²) in [7, 11) is 1.23. The van der Waals surface area contributed by atoms with E-state index in [1.807, 2.05) is 13.8 Å². The molecule has 1 aromatic heterocycles. The van der Waals surface area contributed by atoms with E-state index >= 15 is 0 Å². The molecule has 0 bridgehead atoms. The number of nitro groups is 1. The van der Waals surface area contributed by atoms with Crippen molar-refractivity contribution in [3.05, 3.63) is 27.9 Å². The van der Waals surface area contributed by atoms with E-state index in [1.165, 1.54) is 19.2 Å². The maximum absolute atomic E-state index is 11.4. The molecule has 19 heavy (non-hydrogen) atoms. The molecular formula is C12H17N3O4. The summed E-state index contributed by atoms with van der Waals surface area (Å²) in [6.45, 7) is 4.59. The van der Waals surface area contributed by atoms with Gasteiger partial charge in [0.05, 0.1) is 12.0 Å². The van der Waals surface area contributed by atoms with Crippen LogP contribution in [0.3, 0.4) is 0 Å². The smallest absolute Gasteiger partial charge is 0.356 e. The van der Waals surface area contributed by atoms with Crippen LogP contribution in [0.5, 0.6) is 0 Å². The van der Waals surface area contributed by atoms with Crippen molar-refractivity contribution in [1.82, 2.24) is 4.98 Å². The van der Waals surface area contributed by atoms with Gasteiger partial charge in [-0.2, -0.15) is 0 Å². The average molecular weight is 267 g/mol. The third-order valence-electron chi connectivity index (χ3n) is 2.78. The van der Waals surface area contributed by atoms with Crippen molar-refractivity contribution in [2.24, 2.45) is 5.92 Å². The Morgan fingerprint density at radius 1 is 1.58 bits per heavy atom. The highest BCUT2D eigenvalue weighted by Crippen LogP contribution is 2.22. The monoisotopic (exact) mass is 267 g/mol. The normalized spacial score (nSPS) is 11.7. The van der Waals surface area contributed by atoms with Crippen LogP contribution in [0.4, 0.5) is 11.5 Å². The van der Waals surface area contributed by atoms with Gasteiger partial charge in [-0.25, -0.2) is 9.78 Å². The lowest BCUT2D eigenvalue weighted by atomic mass is 10.1. The highest BCUT2D eigenvalue weighted by molar-refractivity contribution is 5.88. The molecule has 0 aliphatic carbocycles. The lowest BCUT2D eigenvalue weighted by molar-refractivity contribution is -0.384. The summed E-state index contributed by atoms with van der Waals surface area (Å²) in [5.74, 6) is -0.183. The van der Waals surface area contributed by atoms with E-state index in [1.54, 1.807) is 0 Å². The second-order valence-corrected chi connectivity index (χ2v) is 4.21. The fourth-order valence-corrected chi connectivity index (χ4v) is 1.36. The predicted molar refractivity (Wildman–Crippen MR) is 70.2 cm³/mol. The van der Waals surface area contributed by atoms with E-state index in [0.29, 0.717) is 12.5 Å². The highest BCUT2D eigenvalue weighted by Gasteiger charge is 2.19. The minimum atomic E-state index is -0.624. The second-order valence-electron chi connectivity index (χ2n) is 4.21. The summed E-state index contributed by atoms with van der Waals surface area (Å²) >= 11 is 0. The van der Waals surface area contributed by atoms with Crippen LogP contribution < -0.4 is 5.32 Å². The van der Waals surface area contributed by atoms with Crippen LogP contribution in [0.25, 0.3) is 0 Å². The topological polar surface area (TPSA) is 94.4 Å². The van der Waals surface area contributed by atoms with Crippen LogP contribution in [0.1, 0.15) is 30.8 Å². The van der Waals surface area contributed by atoms with Crippen molar-refractivity contribution in [2.45, 2.75) is 20.3 Å². The second kappa shape index (κ2) is 6.67. The number of pyridine rings is 1. The first-order valence-electron chi connectivity index (χ1n) is 5.97. The van der Waals surface area contributed by atoms with Crippen LogP contribution in [0, 0.1) is 16.0 Å². The van der Waals surface area contributed by atoms with Gasteiger partial charge in [-0.15, -0.1) is 0 Å². The van der Waals surface area contributed by atoms with Crippen LogP contribution in [-0.4, -0.2) is 29.5 Å². The summed E-state index contributed by atoms with van der Waals surface area (Å²) in [4.78, 5) is 25.7. The Labute approximate surface area is 111 Å². The van der Waals surface area contributed by atoms with Gasteiger partial charge in [0.1, 0.15) is 0 Å². The van der Waals surface area contributed by atoms with Crippen molar-refractivity contribution in [3.63, 3.8) is 0 Å². The van der Waals surface area contributed by atoms with Gasteiger partial charge in [0.25, 0.3) is 0 Å². The lowest BCUT2D eigenvalue weighted by Crippen LogP contribution is -2.14. The molecule has 1 aromatic rings. The van der Waals surface area contributed by atoms with E-state index in [-0.39, 0.29) is 17.2 Å². The SMILES string of the molecule is CCC(C)CNc1nc(C(=O)OC)ccc1[N+](=O)[O-]. The lowest BCUT2D eigenvalue weighted by Gasteiger charge is -2.11. The number of nitrogens with one attached hydrogen (secondary N) is 1. The molecule has 104 valence electrons. The molecule has 0 fully saturated rings. The molecule has 1 atom stereocenters. The molecule has 0 saturated heterocycles. The molecule has 0 aliphatic rings. The Kier molecular flexibility index (Phi) is 5.23. The zero-order valence-electron chi connectivity index (χ0n) is 11.2. The van der Waals surface area contributed by atoms with Gasteiger partial charge in [-0.05, 0) is 12.0 Å². The fraction of sp³-hybridized carbons (Fsp3) is 0.500. The first kappa shape index (κ1) is 14.9. The third-order valence-corrected chi connectivity index (χ3v) is 2.78. The van der Waals surface area contributed by atoms with Crippen LogP contribution in [0.15, 0.2) is 12.1 Å². The van der Waals surface area contributed by atoms with E-state index in [9.17, 15) is 14.9 Å². The fourth-order valence-electron chi connectivity index (χ4n) is 1.36. The zero-order chi connectivity index (χ0) is 14.4. The number of anilines is 1. The van der Waals surface area contributed by atoms with E-state index in [2.05, 4.69) is 15.0 Å². The summed E-state index contributed by atoms with van der Waals surface area (Å²) in [5.41, 5.74) is -0.115. The number of hydrogen-bond donors (Lipinski definition) is 1. The van der Waals surface area contributed by atoms with Gasteiger partial charge < -0.3 is 10.1 Å². The number of hydrogen-bond acceptors (Lipinski definition) is 6. The first-order valence-corrected chi connectivity index (χ1v) is 5.97. The molecule has 1 heterocycles. The quantitative estimate of drug-likeness (QED) is 0.482. The van der Waals surface area contributed by atoms with Crippen LogP contribution >= 0.6 is 0 Å². The highest BCUT2D eigenvalue weighted by atomic mass is 16.6. The molecule has 0 aliphatic heterocycles. The van der Waals surface area contributed by atoms with Crippen LogP contribution in [0.2, 0.25) is 0 Å². The number of carbonyl (C=O) groups is 1. The maximum atomic E-state index is 11.4. The molecule has 0 spiro atoms. The predicted octanol–water partition coefficient (Wildman–Crippen LogP) is 2.23. The zero-order valence-corrected chi connectivity index (χ0v) is 11.2. The third kappa shape index (κ3) is 3.90. The number of nitrogens with zero attached hydrogens (tertiary/aromatic N) is 2. The summed E-state index contributed by atoms with van der Waals surface area (Å²) in [6, 6.07) is 2.52. The summed E-state index contributed by atoms with van der Waals surface area (Å²) < 4.78 is 4.54. The molecule has 0 amide bonds. The molecule has 0 saturated carbocycles. The van der Waals surface area contributed by atoms with Crippen molar-refractivity contribution in [2.75, 3.05) is 19.0 Å². The van der Waals surface area contributed by atoms with Gasteiger partial charge in [-0.3, -0.25) is 10.1 Å². The Morgan fingerprint density at radius 3 is 2.79 bits per heavy atom. The number of carbonyl (C=O) groups excluding carboxylic acids is 1. The Bertz CT molecular complexity index is 476.